The van der Waals surface area contributed by atoms with Crippen molar-refractivity contribution in [2.45, 2.75) is 150 Å². The molecule has 3 fully saturated rings. The molecule has 3 aliphatic heterocycles. The lowest BCUT2D eigenvalue weighted by Crippen LogP contribution is -2.66. The average Bonchev–Trinajstić information content (AvgIpc) is 3.02. The Morgan fingerprint density at radius 3 is 1.36 bits per heavy atom. The molecular weight excluding hydrogens is 592 g/mol. The van der Waals surface area contributed by atoms with E-state index in [4.69, 9.17) is 28.4 Å². The van der Waals surface area contributed by atoms with Gasteiger partial charge in [-0.1, -0.05) is 51.9 Å². The van der Waals surface area contributed by atoms with Gasteiger partial charge in [-0.05, 0) is 6.42 Å². The number of rotatable bonds is 17. The smallest absolute Gasteiger partial charge is 0.187 e. The summed E-state index contributed by atoms with van der Waals surface area (Å²) in [6.07, 6.45) is -15.2. The van der Waals surface area contributed by atoms with Crippen LogP contribution in [0.4, 0.5) is 0 Å². The minimum Gasteiger partial charge on any atom is -0.394 e. The number of hydrogen-bond acceptors (Lipinski definition) is 16. The molecule has 0 aromatic rings. The Hall–Kier alpha value is -0.640. The van der Waals surface area contributed by atoms with Gasteiger partial charge in [0, 0.05) is 6.61 Å². The van der Waals surface area contributed by atoms with Gasteiger partial charge in [0.15, 0.2) is 18.9 Å². The molecule has 0 unspecified atom stereocenters. The summed E-state index contributed by atoms with van der Waals surface area (Å²) in [7, 11) is 0. The molecule has 0 amide bonds. The van der Waals surface area contributed by atoms with E-state index in [0.29, 0.717) is 0 Å². The molecule has 0 aliphatic carbocycles. The lowest BCUT2D eigenvalue weighted by molar-refractivity contribution is -0.379. The first-order valence-corrected chi connectivity index (χ1v) is 15.6. The van der Waals surface area contributed by atoms with Gasteiger partial charge in [-0.25, -0.2) is 0 Å². The Morgan fingerprint density at radius 2 is 0.864 bits per heavy atom. The van der Waals surface area contributed by atoms with Crippen molar-refractivity contribution in [3.8, 4) is 0 Å². The van der Waals surface area contributed by atoms with E-state index < -0.39 is 112 Å². The van der Waals surface area contributed by atoms with E-state index >= 15 is 0 Å². The summed E-state index contributed by atoms with van der Waals surface area (Å²) in [5.74, 6) is 0. The van der Waals surface area contributed by atoms with Crippen molar-refractivity contribution >= 4 is 0 Å². The van der Waals surface area contributed by atoms with Crippen LogP contribution in [0, 0.1) is 0 Å². The van der Waals surface area contributed by atoms with Crippen molar-refractivity contribution in [2.24, 2.45) is 0 Å². The van der Waals surface area contributed by atoms with Crippen molar-refractivity contribution < 1.29 is 79.5 Å². The quantitative estimate of drug-likeness (QED) is 0.0692. The summed E-state index contributed by atoms with van der Waals surface area (Å²) in [4.78, 5) is 0. The molecule has 0 aromatic heterocycles. The van der Waals surface area contributed by atoms with Crippen molar-refractivity contribution in [1.29, 1.82) is 0 Å². The van der Waals surface area contributed by atoms with E-state index in [1.807, 2.05) is 0 Å². The van der Waals surface area contributed by atoms with E-state index in [1.54, 1.807) is 0 Å². The summed E-state index contributed by atoms with van der Waals surface area (Å²) in [6, 6.07) is 0. The van der Waals surface area contributed by atoms with Crippen LogP contribution < -0.4 is 0 Å². The minimum absolute atomic E-state index is 0.262. The van der Waals surface area contributed by atoms with Gasteiger partial charge in [-0.15, -0.1) is 0 Å². The van der Waals surface area contributed by atoms with Crippen molar-refractivity contribution in [3.05, 3.63) is 0 Å². The molecule has 44 heavy (non-hydrogen) atoms. The SMILES string of the molecule is CCCCCCCCCCO[C@H]1O[C@H](CO)[C@H](O[C@H]2O[C@H](CO)[C@H](O[C@H]3O[C@H](CO)[C@H](O)[C@H](O)[C@H]3O)[C@H](O)[C@H]2O)[C@H](O)[C@H]1O. The van der Waals surface area contributed by atoms with Gasteiger partial charge in [0.25, 0.3) is 0 Å². The predicted octanol–water partition coefficient (Wildman–Crippen LogP) is -3.41. The van der Waals surface area contributed by atoms with E-state index in [2.05, 4.69) is 6.92 Å². The second kappa shape index (κ2) is 18.6. The summed E-state index contributed by atoms with van der Waals surface area (Å²) < 4.78 is 33.3. The van der Waals surface area contributed by atoms with E-state index in [-0.39, 0.29) is 6.61 Å². The highest BCUT2D eigenvalue weighted by molar-refractivity contribution is 4.96. The fraction of sp³-hybridized carbons (Fsp3) is 1.00. The summed E-state index contributed by atoms with van der Waals surface area (Å²) in [5, 5.41) is 103. The number of unbranched alkanes of at least 4 members (excludes halogenated alkanes) is 7. The van der Waals surface area contributed by atoms with Crippen LogP contribution in [0.3, 0.4) is 0 Å². The standard InChI is InChI=1S/C28H52O16/c1-2-3-4-5-6-7-8-9-10-39-26-22(37)19(34)24(15(12-30)41-26)44-28-23(38)20(35)25(16(13-31)42-28)43-27-21(36)18(33)17(32)14(11-29)40-27/h14-38H,2-13H2,1H3/t14-,15-,16-,17+,18+,19-,20-,21-,22-,23-,24+,25+,26+,27-,28-/m1/s1. The summed E-state index contributed by atoms with van der Waals surface area (Å²) in [6.45, 7) is 0.238. The normalized spacial score (nSPS) is 43.3. The molecule has 3 rings (SSSR count). The highest BCUT2D eigenvalue weighted by Gasteiger charge is 2.53. The van der Waals surface area contributed by atoms with Gasteiger partial charge in [0.2, 0.25) is 0 Å². The van der Waals surface area contributed by atoms with Crippen LogP contribution in [-0.2, 0) is 28.4 Å². The third-order valence-corrected chi connectivity index (χ3v) is 8.35. The molecule has 3 saturated heterocycles. The maximum Gasteiger partial charge on any atom is 0.187 e. The van der Waals surface area contributed by atoms with Gasteiger partial charge >= 0.3 is 0 Å². The second-order valence-corrected chi connectivity index (χ2v) is 11.7. The Morgan fingerprint density at radius 1 is 0.455 bits per heavy atom. The van der Waals surface area contributed by atoms with Crippen LogP contribution in [0.1, 0.15) is 58.3 Å². The predicted molar refractivity (Wildman–Crippen MR) is 148 cm³/mol. The summed E-state index contributed by atoms with van der Waals surface area (Å²) >= 11 is 0. The van der Waals surface area contributed by atoms with Crippen LogP contribution in [0.15, 0.2) is 0 Å². The lowest BCUT2D eigenvalue weighted by atomic mass is 9.96. The fourth-order valence-corrected chi connectivity index (χ4v) is 5.62. The van der Waals surface area contributed by atoms with Crippen LogP contribution in [-0.4, -0.2) is 170 Å². The molecule has 0 bridgehead atoms. The molecule has 0 radical (unpaired) electrons. The van der Waals surface area contributed by atoms with Gasteiger partial charge in [0.1, 0.15) is 73.2 Å². The first-order valence-electron chi connectivity index (χ1n) is 15.6. The minimum atomic E-state index is -1.88. The van der Waals surface area contributed by atoms with Crippen LogP contribution >= 0.6 is 0 Å². The van der Waals surface area contributed by atoms with E-state index in [1.165, 1.54) is 25.7 Å². The molecule has 15 atom stereocenters. The molecule has 0 spiro atoms. The van der Waals surface area contributed by atoms with Gasteiger partial charge in [0.05, 0.1) is 19.8 Å². The zero-order valence-electron chi connectivity index (χ0n) is 25.1. The number of aliphatic hydroxyl groups excluding tert-OH is 10. The molecule has 16 heteroatoms. The first kappa shape index (κ1) is 37.8. The van der Waals surface area contributed by atoms with E-state index in [0.717, 1.165) is 25.7 Å². The monoisotopic (exact) mass is 644 g/mol. The zero-order chi connectivity index (χ0) is 32.4. The first-order chi connectivity index (χ1) is 21.1. The lowest BCUT2D eigenvalue weighted by Gasteiger charge is -2.48. The molecule has 3 aliphatic rings. The third-order valence-electron chi connectivity index (χ3n) is 8.35. The number of hydrogen-bond donors (Lipinski definition) is 10. The topological polar surface area (TPSA) is 258 Å². The molecule has 0 saturated carbocycles. The number of aliphatic hydroxyl groups is 10. The maximum atomic E-state index is 10.8. The van der Waals surface area contributed by atoms with Crippen molar-refractivity contribution in [1.82, 2.24) is 0 Å². The van der Waals surface area contributed by atoms with Gasteiger partial charge in [-0.2, -0.15) is 0 Å². The molecular formula is C28H52O16. The second-order valence-electron chi connectivity index (χ2n) is 11.7. The molecule has 260 valence electrons. The van der Waals surface area contributed by atoms with E-state index in [9.17, 15) is 51.1 Å². The Kier molecular flexibility index (Phi) is 16.0. The Bertz CT molecular complexity index is 789. The van der Waals surface area contributed by atoms with Crippen molar-refractivity contribution in [3.63, 3.8) is 0 Å². The van der Waals surface area contributed by atoms with Crippen molar-refractivity contribution in [2.75, 3.05) is 26.4 Å². The highest BCUT2D eigenvalue weighted by atomic mass is 16.8. The maximum absolute atomic E-state index is 10.8. The van der Waals surface area contributed by atoms with Gasteiger partial charge < -0.3 is 79.5 Å². The van der Waals surface area contributed by atoms with Crippen LogP contribution in [0.5, 0.6) is 0 Å². The van der Waals surface area contributed by atoms with Gasteiger partial charge in [-0.3, -0.25) is 0 Å². The third kappa shape index (κ3) is 9.47. The van der Waals surface area contributed by atoms with Crippen LogP contribution in [0.2, 0.25) is 0 Å². The fourth-order valence-electron chi connectivity index (χ4n) is 5.62. The highest BCUT2D eigenvalue weighted by Crippen LogP contribution is 2.32. The zero-order valence-corrected chi connectivity index (χ0v) is 25.1. The largest absolute Gasteiger partial charge is 0.394 e. The molecule has 16 nitrogen and oxygen atoms in total. The Labute approximate surface area is 256 Å². The molecule has 0 aromatic carbocycles. The number of ether oxygens (including phenoxy) is 6. The average molecular weight is 645 g/mol. The molecule has 3 heterocycles. The van der Waals surface area contributed by atoms with Crippen LogP contribution in [0.25, 0.3) is 0 Å². The Balaban J connectivity index is 1.55. The summed E-state index contributed by atoms with van der Waals surface area (Å²) in [5.41, 5.74) is 0. The molecule has 10 N–H and O–H groups in total.